The number of imide groups is 1. The van der Waals surface area contributed by atoms with Crippen molar-refractivity contribution in [1.29, 1.82) is 0 Å². The van der Waals surface area contributed by atoms with Gasteiger partial charge in [0.2, 0.25) is 0 Å². The minimum absolute atomic E-state index is 0.0880. The lowest BCUT2D eigenvalue weighted by atomic mass is 10.5. The molecule has 0 aromatic carbocycles. The van der Waals surface area contributed by atoms with Crippen molar-refractivity contribution >= 4 is 11.8 Å². The average molecular weight is 209 g/mol. The lowest BCUT2D eigenvalue weighted by molar-refractivity contribution is -0.137. The Morgan fingerprint density at radius 2 is 1.67 bits per heavy atom. The monoisotopic (exact) mass is 209 g/mol. The number of carbonyl (C=O) groups excluding carboxylic acids is 2. The van der Waals surface area contributed by atoms with Gasteiger partial charge in [0.15, 0.2) is 0 Å². The summed E-state index contributed by atoms with van der Waals surface area (Å²) in [5.41, 5.74) is 0. The molecule has 0 spiro atoms. The highest BCUT2D eigenvalue weighted by Crippen LogP contribution is 2.01. The smallest absolute Gasteiger partial charge is 0.253 e. The molecular formula is C10H11NO4. The summed E-state index contributed by atoms with van der Waals surface area (Å²) in [6.07, 6.45) is 5.63. The number of β-amino-alcohol motifs (C(OH)–C–C–N with tert-alkyl or cyclic N) is 1. The Bertz CT molecular complexity index is 307. The fraction of sp³-hybridized carbons (Fsp3) is 0.200. The van der Waals surface area contributed by atoms with Gasteiger partial charge in [-0.05, 0) is 12.1 Å². The van der Waals surface area contributed by atoms with E-state index < -0.39 is 0 Å². The maximum absolute atomic E-state index is 10.7. The zero-order valence-electron chi connectivity index (χ0n) is 8.00. The molecule has 1 aromatic heterocycles. The molecule has 2 rings (SSSR count). The fourth-order valence-electron chi connectivity index (χ4n) is 0.978. The number of carbonyl (C=O) groups is 2. The van der Waals surface area contributed by atoms with Crippen molar-refractivity contribution in [3.63, 3.8) is 0 Å². The summed E-state index contributed by atoms with van der Waals surface area (Å²) >= 11 is 0. The lowest BCUT2D eigenvalue weighted by Crippen LogP contribution is -2.32. The Kier molecular flexibility index (Phi) is 4.30. The van der Waals surface area contributed by atoms with E-state index in [4.69, 9.17) is 5.11 Å². The third-order valence-electron chi connectivity index (χ3n) is 1.65. The Morgan fingerprint density at radius 3 is 2.00 bits per heavy atom. The van der Waals surface area contributed by atoms with E-state index in [-0.39, 0.29) is 25.0 Å². The van der Waals surface area contributed by atoms with Gasteiger partial charge in [-0.1, -0.05) is 0 Å². The molecule has 0 unspecified atom stereocenters. The quantitative estimate of drug-likeness (QED) is 0.705. The van der Waals surface area contributed by atoms with Crippen molar-refractivity contribution in [3.8, 4) is 0 Å². The second-order valence-electron chi connectivity index (χ2n) is 2.68. The van der Waals surface area contributed by atoms with Gasteiger partial charge in [-0.15, -0.1) is 0 Å². The number of hydrogen-bond acceptors (Lipinski definition) is 4. The Morgan fingerprint density at radius 1 is 1.13 bits per heavy atom. The largest absolute Gasteiger partial charge is 0.473 e. The van der Waals surface area contributed by atoms with Crippen LogP contribution in [0.2, 0.25) is 0 Å². The number of aliphatic hydroxyl groups excluding tert-OH is 1. The molecule has 0 aliphatic carbocycles. The molecule has 0 radical (unpaired) electrons. The molecule has 0 saturated heterocycles. The van der Waals surface area contributed by atoms with Crippen LogP contribution in [0.3, 0.4) is 0 Å². The first-order chi connectivity index (χ1) is 7.25. The highest BCUT2D eigenvalue weighted by molar-refractivity contribution is 6.12. The van der Waals surface area contributed by atoms with Gasteiger partial charge < -0.3 is 9.52 Å². The van der Waals surface area contributed by atoms with E-state index in [9.17, 15) is 9.59 Å². The number of nitrogens with zero attached hydrogens (tertiary/aromatic N) is 1. The van der Waals surface area contributed by atoms with Gasteiger partial charge in [0.05, 0.1) is 25.7 Å². The fourth-order valence-corrected chi connectivity index (χ4v) is 0.978. The van der Waals surface area contributed by atoms with Crippen LogP contribution in [0.15, 0.2) is 41.2 Å². The van der Waals surface area contributed by atoms with E-state index in [1.54, 1.807) is 12.5 Å². The molecule has 0 saturated carbocycles. The van der Waals surface area contributed by atoms with E-state index in [0.717, 1.165) is 4.90 Å². The molecule has 5 nitrogen and oxygen atoms in total. The SMILES string of the molecule is O=C1C=CC(=O)N1CCO.c1ccoc1. The number of hydrogen-bond donors (Lipinski definition) is 1. The third-order valence-corrected chi connectivity index (χ3v) is 1.65. The molecule has 1 aliphatic heterocycles. The Balaban J connectivity index is 0.000000187. The standard InChI is InChI=1S/C6H7NO3.C4H4O/c8-4-3-7-5(9)1-2-6(7)10;1-2-4-5-3-1/h1-2,8H,3-4H2;1-4H. The van der Waals surface area contributed by atoms with Crippen LogP contribution >= 0.6 is 0 Å². The predicted octanol–water partition coefficient (Wildman–Crippen LogP) is 0.183. The highest BCUT2D eigenvalue weighted by atomic mass is 16.3. The second kappa shape index (κ2) is 5.77. The molecule has 2 amide bonds. The number of aliphatic hydroxyl groups is 1. The zero-order valence-corrected chi connectivity index (χ0v) is 8.00. The van der Waals surface area contributed by atoms with Crippen molar-refractivity contribution in [1.82, 2.24) is 4.90 Å². The first kappa shape index (κ1) is 11.2. The first-order valence-electron chi connectivity index (χ1n) is 4.37. The van der Waals surface area contributed by atoms with Crippen LogP contribution in [0.1, 0.15) is 0 Å². The van der Waals surface area contributed by atoms with Crippen LogP contribution in [0.25, 0.3) is 0 Å². The van der Waals surface area contributed by atoms with Crippen LogP contribution < -0.4 is 0 Å². The third kappa shape index (κ3) is 3.40. The molecule has 15 heavy (non-hydrogen) atoms. The highest BCUT2D eigenvalue weighted by Gasteiger charge is 2.21. The summed E-state index contributed by atoms with van der Waals surface area (Å²) in [5.74, 6) is -0.696. The molecule has 5 heteroatoms. The lowest BCUT2D eigenvalue weighted by Gasteiger charge is -2.10. The average Bonchev–Trinajstić information content (AvgIpc) is 2.87. The normalized spacial score (nSPS) is 14.1. The minimum Gasteiger partial charge on any atom is -0.473 e. The molecule has 1 N–H and O–H groups in total. The second-order valence-corrected chi connectivity index (χ2v) is 2.68. The van der Waals surface area contributed by atoms with Crippen LogP contribution in [0, 0.1) is 0 Å². The van der Waals surface area contributed by atoms with E-state index in [1.165, 1.54) is 12.2 Å². The predicted molar refractivity (Wildman–Crippen MR) is 51.7 cm³/mol. The van der Waals surface area contributed by atoms with E-state index in [1.807, 2.05) is 12.1 Å². The van der Waals surface area contributed by atoms with Crippen molar-refractivity contribution in [2.75, 3.05) is 13.2 Å². The molecule has 0 bridgehead atoms. The van der Waals surface area contributed by atoms with E-state index in [0.29, 0.717) is 0 Å². The summed E-state index contributed by atoms with van der Waals surface area (Å²) in [6, 6.07) is 3.67. The Hall–Kier alpha value is -1.88. The molecule has 1 aromatic rings. The Labute approximate surface area is 86.6 Å². The maximum atomic E-state index is 10.7. The van der Waals surface area contributed by atoms with Gasteiger partial charge in [0.25, 0.3) is 11.8 Å². The molecule has 0 fully saturated rings. The first-order valence-corrected chi connectivity index (χ1v) is 4.37. The van der Waals surface area contributed by atoms with Crippen molar-refractivity contribution < 1.29 is 19.1 Å². The van der Waals surface area contributed by atoms with Gasteiger partial charge in [0, 0.05) is 12.2 Å². The van der Waals surface area contributed by atoms with Gasteiger partial charge in [-0.2, -0.15) is 0 Å². The van der Waals surface area contributed by atoms with Crippen molar-refractivity contribution in [2.24, 2.45) is 0 Å². The summed E-state index contributed by atoms with van der Waals surface area (Å²) < 4.78 is 4.58. The summed E-state index contributed by atoms with van der Waals surface area (Å²) in [5, 5.41) is 8.39. The van der Waals surface area contributed by atoms with Crippen LogP contribution in [-0.4, -0.2) is 35.0 Å². The molecule has 80 valence electrons. The zero-order chi connectivity index (χ0) is 11.1. The van der Waals surface area contributed by atoms with Crippen LogP contribution in [0.5, 0.6) is 0 Å². The van der Waals surface area contributed by atoms with Gasteiger partial charge in [-0.3, -0.25) is 14.5 Å². The number of rotatable bonds is 2. The number of furan rings is 1. The van der Waals surface area contributed by atoms with Gasteiger partial charge in [0.1, 0.15) is 0 Å². The molecule has 1 aliphatic rings. The molecule has 2 heterocycles. The molecule has 0 atom stereocenters. The van der Waals surface area contributed by atoms with Crippen molar-refractivity contribution in [2.45, 2.75) is 0 Å². The van der Waals surface area contributed by atoms with E-state index >= 15 is 0 Å². The minimum atomic E-state index is -0.348. The number of amides is 2. The van der Waals surface area contributed by atoms with Gasteiger partial charge >= 0.3 is 0 Å². The summed E-state index contributed by atoms with van der Waals surface area (Å²) in [4.78, 5) is 22.3. The van der Waals surface area contributed by atoms with Crippen LogP contribution in [-0.2, 0) is 9.59 Å². The summed E-state index contributed by atoms with van der Waals surface area (Å²) in [7, 11) is 0. The maximum Gasteiger partial charge on any atom is 0.253 e. The van der Waals surface area contributed by atoms with E-state index in [2.05, 4.69) is 4.42 Å². The molecular weight excluding hydrogens is 198 g/mol. The topological polar surface area (TPSA) is 70.8 Å². The van der Waals surface area contributed by atoms with Crippen molar-refractivity contribution in [3.05, 3.63) is 36.8 Å². The van der Waals surface area contributed by atoms with Crippen LogP contribution in [0.4, 0.5) is 0 Å². The van der Waals surface area contributed by atoms with Gasteiger partial charge in [-0.25, -0.2) is 0 Å². The summed E-state index contributed by atoms with van der Waals surface area (Å²) in [6.45, 7) is -0.0934.